The van der Waals surface area contributed by atoms with Crippen molar-refractivity contribution in [3.63, 3.8) is 0 Å². The zero-order valence-electron chi connectivity index (χ0n) is 8.45. The van der Waals surface area contributed by atoms with E-state index in [-0.39, 0.29) is 5.91 Å². The molecule has 14 heavy (non-hydrogen) atoms. The average molecular weight is 212 g/mol. The summed E-state index contributed by atoms with van der Waals surface area (Å²) >= 11 is 1.44. The van der Waals surface area contributed by atoms with Gasteiger partial charge < -0.3 is 5.32 Å². The van der Waals surface area contributed by atoms with Crippen LogP contribution in [0.4, 0.5) is 0 Å². The first-order valence-corrected chi connectivity index (χ1v) is 5.95. The van der Waals surface area contributed by atoms with E-state index in [2.05, 4.69) is 17.2 Å². The van der Waals surface area contributed by atoms with E-state index >= 15 is 0 Å². The second-order valence-electron chi connectivity index (χ2n) is 3.19. The van der Waals surface area contributed by atoms with Crippen LogP contribution in [0.3, 0.4) is 0 Å². The molecule has 78 valence electrons. The standard InChI is InChI=1S/C10H16N2OS/c1-2-3-4-5-6-11-10(13)9-7-14-8-12-9/h7-8H,2-6H2,1H3,(H,11,13). The molecule has 0 saturated heterocycles. The predicted octanol–water partition coefficient (Wildman–Crippen LogP) is 2.45. The van der Waals surface area contributed by atoms with Crippen LogP contribution in [0.5, 0.6) is 0 Å². The molecule has 1 rings (SSSR count). The van der Waals surface area contributed by atoms with E-state index in [4.69, 9.17) is 0 Å². The largest absolute Gasteiger partial charge is 0.351 e. The van der Waals surface area contributed by atoms with Gasteiger partial charge in [0.05, 0.1) is 5.51 Å². The molecule has 0 saturated carbocycles. The van der Waals surface area contributed by atoms with Crippen LogP contribution in [-0.2, 0) is 0 Å². The SMILES string of the molecule is CCCCCCNC(=O)c1cscn1. The zero-order chi connectivity index (χ0) is 10.2. The van der Waals surface area contributed by atoms with Crippen molar-refractivity contribution in [2.45, 2.75) is 32.6 Å². The Morgan fingerprint density at radius 1 is 1.50 bits per heavy atom. The Morgan fingerprint density at radius 2 is 2.36 bits per heavy atom. The molecule has 0 atom stereocenters. The molecular weight excluding hydrogens is 196 g/mol. The number of hydrogen-bond acceptors (Lipinski definition) is 3. The molecular formula is C10H16N2OS. The van der Waals surface area contributed by atoms with E-state index in [1.165, 1.54) is 30.6 Å². The number of amides is 1. The highest BCUT2D eigenvalue weighted by atomic mass is 32.1. The topological polar surface area (TPSA) is 42.0 Å². The Morgan fingerprint density at radius 3 is 3.00 bits per heavy atom. The summed E-state index contributed by atoms with van der Waals surface area (Å²) in [7, 11) is 0. The fourth-order valence-corrected chi connectivity index (χ4v) is 1.70. The van der Waals surface area contributed by atoms with Crippen molar-refractivity contribution in [3.8, 4) is 0 Å². The number of hydrogen-bond donors (Lipinski definition) is 1. The Kier molecular flexibility index (Phi) is 5.22. The fraction of sp³-hybridized carbons (Fsp3) is 0.600. The van der Waals surface area contributed by atoms with E-state index < -0.39 is 0 Å². The number of carbonyl (C=O) groups excluding carboxylic acids is 1. The van der Waals surface area contributed by atoms with Gasteiger partial charge in [-0.25, -0.2) is 4.98 Å². The van der Waals surface area contributed by atoms with Gasteiger partial charge >= 0.3 is 0 Å². The van der Waals surface area contributed by atoms with E-state index in [1.54, 1.807) is 10.9 Å². The summed E-state index contributed by atoms with van der Waals surface area (Å²) in [5.74, 6) is -0.0530. The summed E-state index contributed by atoms with van der Waals surface area (Å²) in [4.78, 5) is 15.3. The van der Waals surface area contributed by atoms with Crippen LogP contribution in [-0.4, -0.2) is 17.4 Å². The van der Waals surface area contributed by atoms with Crippen molar-refractivity contribution in [1.29, 1.82) is 0 Å². The molecule has 1 heterocycles. The number of nitrogens with one attached hydrogen (secondary N) is 1. The second kappa shape index (κ2) is 6.54. The maximum absolute atomic E-state index is 11.4. The first kappa shape index (κ1) is 11.2. The van der Waals surface area contributed by atoms with Crippen molar-refractivity contribution in [2.75, 3.05) is 6.54 Å². The van der Waals surface area contributed by atoms with Crippen LogP contribution in [0.2, 0.25) is 0 Å². The predicted molar refractivity (Wildman–Crippen MR) is 58.6 cm³/mol. The van der Waals surface area contributed by atoms with Crippen molar-refractivity contribution in [2.24, 2.45) is 0 Å². The molecule has 0 aliphatic rings. The Labute approximate surface area is 88.6 Å². The van der Waals surface area contributed by atoms with Gasteiger partial charge in [-0.1, -0.05) is 26.2 Å². The Balaban J connectivity index is 2.10. The smallest absolute Gasteiger partial charge is 0.270 e. The minimum absolute atomic E-state index is 0.0530. The highest BCUT2D eigenvalue weighted by Gasteiger charge is 2.05. The molecule has 0 unspecified atom stereocenters. The molecule has 1 aromatic rings. The van der Waals surface area contributed by atoms with Gasteiger partial charge in [-0.15, -0.1) is 11.3 Å². The number of rotatable bonds is 6. The van der Waals surface area contributed by atoms with E-state index in [0.29, 0.717) is 5.69 Å². The van der Waals surface area contributed by atoms with Gasteiger partial charge in [0.15, 0.2) is 0 Å². The van der Waals surface area contributed by atoms with Gasteiger partial charge in [-0.2, -0.15) is 0 Å². The van der Waals surface area contributed by atoms with Gasteiger partial charge in [0.25, 0.3) is 5.91 Å². The average Bonchev–Trinajstić information content (AvgIpc) is 2.70. The van der Waals surface area contributed by atoms with Crippen LogP contribution in [0.1, 0.15) is 43.1 Å². The fourth-order valence-electron chi connectivity index (χ4n) is 1.17. The molecule has 4 heteroatoms. The van der Waals surface area contributed by atoms with Crippen LogP contribution in [0, 0.1) is 0 Å². The number of nitrogens with zero attached hydrogens (tertiary/aromatic N) is 1. The van der Waals surface area contributed by atoms with Gasteiger partial charge in [0.1, 0.15) is 5.69 Å². The van der Waals surface area contributed by atoms with Crippen molar-refractivity contribution in [3.05, 3.63) is 16.6 Å². The summed E-state index contributed by atoms with van der Waals surface area (Å²) in [5, 5.41) is 4.61. The van der Waals surface area contributed by atoms with E-state index in [0.717, 1.165) is 13.0 Å². The zero-order valence-corrected chi connectivity index (χ0v) is 9.27. The lowest BCUT2D eigenvalue weighted by atomic mass is 10.2. The minimum Gasteiger partial charge on any atom is -0.351 e. The third-order valence-corrected chi connectivity index (χ3v) is 2.57. The summed E-state index contributed by atoms with van der Waals surface area (Å²) in [5.41, 5.74) is 2.21. The summed E-state index contributed by atoms with van der Waals surface area (Å²) < 4.78 is 0. The normalized spacial score (nSPS) is 10.1. The van der Waals surface area contributed by atoms with Gasteiger partial charge in [0.2, 0.25) is 0 Å². The first-order valence-electron chi connectivity index (χ1n) is 5.01. The molecule has 1 amide bonds. The lowest BCUT2D eigenvalue weighted by Crippen LogP contribution is -2.24. The lowest BCUT2D eigenvalue weighted by Gasteiger charge is -2.01. The first-order chi connectivity index (χ1) is 6.84. The van der Waals surface area contributed by atoms with Crippen LogP contribution in [0.25, 0.3) is 0 Å². The Bertz CT molecular complexity index is 259. The third kappa shape index (κ3) is 3.87. The monoisotopic (exact) mass is 212 g/mol. The van der Waals surface area contributed by atoms with E-state index in [1.807, 2.05) is 0 Å². The van der Waals surface area contributed by atoms with Gasteiger partial charge in [-0.05, 0) is 6.42 Å². The molecule has 0 aromatic carbocycles. The number of carbonyl (C=O) groups is 1. The molecule has 0 radical (unpaired) electrons. The molecule has 0 aliphatic carbocycles. The van der Waals surface area contributed by atoms with E-state index in [9.17, 15) is 4.79 Å². The molecule has 0 aliphatic heterocycles. The highest BCUT2D eigenvalue weighted by Crippen LogP contribution is 2.01. The summed E-state index contributed by atoms with van der Waals surface area (Å²) in [6.45, 7) is 2.93. The number of unbranched alkanes of at least 4 members (excludes halogenated alkanes) is 3. The maximum Gasteiger partial charge on any atom is 0.270 e. The van der Waals surface area contributed by atoms with Crippen molar-refractivity contribution < 1.29 is 4.79 Å². The van der Waals surface area contributed by atoms with Crippen molar-refractivity contribution in [1.82, 2.24) is 10.3 Å². The van der Waals surface area contributed by atoms with Gasteiger partial charge in [-0.3, -0.25) is 4.79 Å². The number of aromatic nitrogens is 1. The highest BCUT2D eigenvalue weighted by molar-refractivity contribution is 7.07. The van der Waals surface area contributed by atoms with Crippen LogP contribution < -0.4 is 5.32 Å². The molecule has 1 N–H and O–H groups in total. The van der Waals surface area contributed by atoms with Gasteiger partial charge in [0, 0.05) is 11.9 Å². The minimum atomic E-state index is -0.0530. The number of thiazole rings is 1. The molecule has 0 bridgehead atoms. The second-order valence-corrected chi connectivity index (χ2v) is 3.91. The molecule has 3 nitrogen and oxygen atoms in total. The summed E-state index contributed by atoms with van der Waals surface area (Å²) in [6.07, 6.45) is 4.71. The third-order valence-electron chi connectivity index (χ3n) is 1.98. The Hall–Kier alpha value is -0.900. The quantitative estimate of drug-likeness (QED) is 0.736. The lowest BCUT2D eigenvalue weighted by molar-refractivity contribution is 0.0948. The molecule has 0 spiro atoms. The van der Waals surface area contributed by atoms with Crippen LogP contribution >= 0.6 is 11.3 Å². The molecule has 1 aromatic heterocycles. The summed E-state index contributed by atoms with van der Waals surface area (Å²) in [6, 6.07) is 0. The molecule has 0 fully saturated rings. The maximum atomic E-state index is 11.4. The van der Waals surface area contributed by atoms with Crippen molar-refractivity contribution >= 4 is 17.2 Å². The van der Waals surface area contributed by atoms with Crippen LogP contribution in [0.15, 0.2) is 10.9 Å².